The van der Waals surface area contributed by atoms with Crippen LogP contribution in [0.1, 0.15) is 40.5 Å². The first kappa shape index (κ1) is 13.5. The molecule has 3 unspecified atom stereocenters. The van der Waals surface area contributed by atoms with E-state index in [0.29, 0.717) is 12.3 Å². The standard InChI is InChI=1S/C12H23NO3/c1-5-6-10(14)13-11-8(3)7(2)9(4)16-12(11)15/h7-9,11-12,15H,5-6H2,1-4H3,(H,13,14)/t7-,8-,9?,11?,12?/m0/s1. The maximum atomic E-state index is 11.5. The summed E-state index contributed by atoms with van der Waals surface area (Å²) in [5.41, 5.74) is 0. The molecule has 5 atom stereocenters. The SMILES string of the molecule is CCCC(=O)NC1C(O)OC(C)[C@@H](C)[C@@H]1C. The molecule has 0 aliphatic carbocycles. The van der Waals surface area contributed by atoms with Crippen molar-refractivity contribution in [2.24, 2.45) is 11.8 Å². The molecule has 1 aliphatic rings. The van der Waals surface area contributed by atoms with Crippen LogP contribution in [0.25, 0.3) is 0 Å². The Kier molecular flexibility index (Phi) is 4.74. The van der Waals surface area contributed by atoms with Crippen LogP contribution in [-0.4, -0.2) is 29.4 Å². The molecular formula is C12H23NO3. The number of aliphatic hydroxyl groups is 1. The Labute approximate surface area is 97.4 Å². The molecule has 2 N–H and O–H groups in total. The lowest BCUT2D eigenvalue weighted by molar-refractivity contribution is -0.207. The summed E-state index contributed by atoms with van der Waals surface area (Å²) in [7, 11) is 0. The third-order valence-electron chi connectivity index (χ3n) is 3.60. The van der Waals surface area contributed by atoms with Gasteiger partial charge in [-0.05, 0) is 25.2 Å². The van der Waals surface area contributed by atoms with Gasteiger partial charge in [-0.3, -0.25) is 4.79 Å². The van der Waals surface area contributed by atoms with Crippen LogP contribution < -0.4 is 5.32 Å². The van der Waals surface area contributed by atoms with Crippen molar-refractivity contribution in [2.45, 2.75) is 59.0 Å². The normalized spacial score (nSPS) is 39.4. The van der Waals surface area contributed by atoms with E-state index in [9.17, 15) is 9.90 Å². The Morgan fingerprint density at radius 1 is 1.31 bits per heavy atom. The number of amides is 1. The quantitative estimate of drug-likeness (QED) is 0.766. The summed E-state index contributed by atoms with van der Waals surface area (Å²) < 4.78 is 5.40. The molecule has 4 heteroatoms. The van der Waals surface area contributed by atoms with Crippen LogP contribution in [0.15, 0.2) is 0 Å². The van der Waals surface area contributed by atoms with Crippen molar-refractivity contribution < 1.29 is 14.6 Å². The summed E-state index contributed by atoms with van der Waals surface area (Å²) in [4.78, 5) is 11.5. The average molecular weight is 229 g/mol. The first-order valence-electron chi connectivity index (χ1n) is 6.10. The first-order chi connectivity index (χ1) is 7.47. The molecule has 0 bridgehead atoms. The summed E-state index contributed by atoms with van der Waals surface area (Å²) >= 11 is 0. The van der Waals surface area contributed by atoms with E-state index in [-0.39, 0.29) is 24.0 Å². The van der Waals surface area contributed by atoms with Crippen LogP contribution in [-0.2, 0) is 9.53 Å². The van der Waals surface area contributed by atoms with Gasteiger partial charge in [-0.15, -0.1) is 0 Å². The predicted octanol–water partition coefficient (Wildman–Crippen LogP) is 1.28. The molecule has 4 nitrogen and oxygen atoms in total. The molecule has 1 amide bonds. The number of ether oxygens (including phenoxy) is 1. The van der Waals surface area contributed by atoms with E-state index in [1.807, 2.05) is 20.8 Å². The van der Waals surface area contributed by atoms with Crippen LogP contribution in [0, 0.1) is 11.8 Å². The molecule has 1 heterocycles. The van der Waals surface area contributed by atoms with E-state index in [2.05, 4.69) is 12.2 Å². The highest BCUT2D eigenvalue weighted by molar-refractivity contribution is 5.76. The molecule has 0 radical (unpaired) electrons. The van der Waals surface area contributed by atoms with Gasteiger partial charge in [0.2, 0.25) is 5.91 Å². The fourth-order valence-corrected chi connectivity index (χ4v) is 2.13. The molecule has 16 heavy (non-hydrogen) atoms. The van der Waals surface area contributed by atoms with E-state index in [1.165, 1.54) is 0 Å². The smallest absolute Gasteiger partial charge is 0.220 e. The van der Waals surface area contributed by atoms with E-state index in [0.717, 1.165) is 6.42 Å². The highest BCUT2D eigenvalue weighted by Crippen LogP contribution is 2.29. The largest absolute Gasteiger partial charge is 0.366 e. The van der Waals surface area contributed by atoms with Crippen molar-refractivity contribution in [3.8, 4) is 0 Å². The second kappa shape index (κ2) is 5.64. The maximum Gasteiger partial charge on any atom is 0.220 e. The minimum Gasteiger partial charge on any atom is -0.366 e. The molecule has 0 aromatic rings. The summed E-state index contributed by atoms with van der Waals surface area (Å²) in [5.74, 6) is 0.540. The highest BCUT2D eigenvalue weighted by atomic mass is 16.6. The topological polar surface area (TPSA) is 58.6 Å². The van der Waals surface area contributed by atoms with Crippen LogP contribution >= 0.6 is 0 Å². The zero-order chi connectivity index (χ0) is 12.3. The number of nitrogens with one attached hydrogen (secondary N) is 1. The molecule has 0 aromatic carbocycles. The van der Waals surface area contributed by atoms with Crippen LogP contribution in [0.3, 0.4) is 0 Å². The van der Waals surface area contributed by atoms with Gasteiger partial charge in [-0.1, -0.05) is 20.8 Å². The van der Waals surface area contributed by atoms with Gasteiger partial charge in [0.05, 0.1) is 12.1 Å². The van der Waals surface area contributed by atoms with Crippen molar-refractivity contribution in [3.63, 3.8) is 0 Å². The molecule has 1 fully saturated rings. The van der Waals surface area contributed by atoms with Crippen molar-refractivity contribution >= 4 is 5.91 Å². The zero-order valence-corrected chi connectivity index (χ0v) is 10.6. The number of carbonyl (C=O) groups is 1. The van der Waals surface area contributed by atoms with Gasteiger partial charge in [-0.25, -0.2) is 0 Å². The first-order valence-corrected chi connectivity index (χ1v) is 6.10. The number of hydrogen-bond donors (Lipinski definition) is 2. The minimum atomic E-state index is -0.887. The summed E-state index contributed by atoms with van der Waals surface area (Å²) in [6.07, 6.45) is 0.460. The van der Waals surface area contributed by atoms with Gasteiger partial charge in [0.15, 0.2) is 6.29 Å². The van der Waals surface area contributed by atoms with Gasteiger partial charge in [0.1, 0.15) is 0 Å². The lowest BCUT2D eigenvalue weighted by Gasteiger charge is -2.41. The molecule has 94 valence electrons. The highest BCUT2D eigenvalue weighted by Gasteiger charge is 2.39. The number of carbonyl (C=O) groups excluding carboxylic acids is 1. The Bertz CT molecular complexity index is 244. The summed E-state index contributed by atoms with van der Waals surface area (Å²) in [6, 6.07) is -0.287. The third-order valence-corrected chi connectivity index (χ3v) is 3.60. The fourth-order valence-electron chi connectivity index (χ4n) is 2.13. The average Bonchev–Trinajstić information content (AvgIpc) is 2.22. The molecule has 0 aromatic heterocycles. The van der Waals surface area contributed by atoms with E-state index < -0.39 is 6.29 Å². The van der Waals surface area contributed by atoms with Gasteiger partial charge >= 0.3 is 0 Å². The van der Waals surface area contributed by atoms with Gasteiger partial charge < -0.3 is 15.2 Å². The van der Waals surface area contributed by atoms with Gasteiger partial charge in [0.25, 0.3) is 0 Å². The molecule has 1 rings (SSSR count). The van der Waals surface area contributed by atoms with Gasteiger partial charge in [-0.2, -0.15) is 0 Å². The molecule has 1 saturated heterocycles. The summed E-state index contributed by atoms with van der Waals surface area (Å²) in [5, 5.41) is 12.7. The van der Waals surface area contributed by atoms with Crippen molar-refractivity contribution in [3.05, 3.63) is 0 Å². The monoisotopic (exact) mass is 229 g/mol. The van der Waals surface area contributed by atoms with Crippen LogP contribution in [0.5, 0.6) is 0 Å². The number of aliphatic hydroxyl groups excluding tert-OH is 1. The maximum absolute atomic E-state index is 11.5. The third kappa shape index (κ3) is 2.95. The van der Waals surface area contributed by atoms with Gasteiger partial charge in [0, 0.05) is 6.42 Å². The Morgan fingerprint density at radius 3 is 2.50 bits per heavy atom. The molecule has 0 saturated carbocycles. The summed E-state index contributed by atoms with van der Waals surface area (Å²) in [6.45, 7) is 8.04. The Hall–Kier alpha value is -0.610. The lowest BCUT2D eigenvalue weighted by Crippen LogP contribution is -2.56. The fraction of sp³-hybridized carbons (Fsp3) is 0.917. The Balaban J connectivity index is 2.60. The van der Waals surface area contributed by atoms with E-state index >= 15 is 0 Å². The second-order valence-corrected chi connectivity index (χ2v) is 4.79. The van der Waals surface area contributed by atoms with Crippen LogP contribution in [0.4, 0.5) is 0 Å². The van der Waals surface area contributed by atoms with E-state index in [1.54, 1.807) is 0 Å². The molecular weight excluding hydrogens is 206 g/mol. The van der Waals surface area contributed by atoms with Crippen LogP contribution in [0.2, 0.25) is 0 Å². The molecule has 0 spiro atoms. The van der Waals surface area contributed by atoms with E-state index in [4.69, 9.17) is 4.74 Å². The number of rotatable bonds is 3. The Morgan fingerprint density at radius 2 is 1.94 bits per heavy atom. The minimum absolute atomic E-state index is 0.0104. The second-order valence-electron chi connectivity index (χ2n) is 4.79. The predicted molar refractivity (Wildman–Crippen MR) is 61.7 cm³/mol. The number of hydrogen-bond acceptors (Lipinski definition) is 3. The molecule has 1 aliphatic heterocycles. The van der Waals surface area contributed by atoms with Crippen molar-refractivity contribution in [1.82, 2.24) is 5.32 Å². The zero-order valence-electron chi connectivity index (χ0n) is 10.6. The lowest BCUT2D eigenvalue weighted by atomic mass is 9.82. The van der Waals surface area contributed by atoms with Crippen molar-refractivity contribution in [1.29, 1.82) is 0 Å². The van der Waals surface area contributed by atoms with Crippen molar-refractivity contribution in [2.75, 3.05) is 0 Å².